The molecule has 0 atom stereocenters. The monoisotopic (exact) mass is 353 g/mol. The van der Waals surface area contributed by atoms with Gasteiger partial charge in [-0.05, 0) is 17.7 Å². The molecule has 0 radical (unpaired) electrons. The second-order valence-corrected chi connectivity index (χ2v) is 6.44. The summed E-state index contributed by atoms with van der Waals surface area (Å²) in [4.78, 5) is 15.6. The van der Waals surface area contributed by atoms with E-state index >= 15 is 0 Å². The van der Waals surface area contributed by atoms with Crippen molar-refractivity contribution in [3.8, 4) is 33.8 Å². The molecule has 0 fully saturated rings. The number of nitrogens with one attached hydrogen (secondary N) is 1. The van der Waals surface area contributed by atoms with Gasteiger partial charge in [-0.25, -0.2) is 4.39 Å². The highest BCUT2D eigenvalue weighted by Gasteiger charge is 2.20. The van der Waals surface area contributed by atoms with Gasteiger partial charge in [-0.2, -0.15) is 0 Å². The predicted molar refractivity (Wildman–Crippen MR) is 96.6 cm³/mol. The standard InChI is InChI=1S/C19H12FNO3S/c20-14-8-11(22)6-7-12(14)13-9-25-19-16(13)17(23)15(18(24)21-19)10-4-2-1-3-5-10/h1-9,22H,(H2,21,23,24). The topological polar surface area (TPSA) is 73.3 Å². The van der Waals surface area contributed by atoms with Crippen LogP contribution < -0.4 is 5.56 Å². The van der Waals surface area contributed by atoms with E-state index in [1.54, 1.807) is 29.6 Å². The van der Waals surface area contributed by atoms with Crippen LogP contribution in [0.25, 0.3) is 32.5 Å². The number of aromatic nitrogens is 1. The first-order chi connectivity index (χ1) is 12.1. The fourth-order valence-corrected chi connectivity index (χ4v) is 3.83. The zero-order chi connectivity index (χ0) is 17.6. The van der Waals surface area contributed by atoms with Gasteiger partial charge in [0.25, 0.3) is 5.56 Å². The Bertz CT molecular complexity index is 1150. The number of aromatic hydroxyl groups is 2. The van der Waals surface area contributed by atoms with E-state index in [4.69, 9.17) is 0 Å². The Morgan fingerprint density at radius 1 is 1.00 bits per heavy atom. The molecule has 25 heavy (non-hydrogen) atoms. The summed E-state index contributed by atoms with van der Waals surface area (Å²) in [5.74, 6) is -0.969. The molecule has 0 aliphatic heterocycles. The molecule has 6 heteroatoms. The summed E-state index contributed by atoms with van der Waals surface area (Å²) in [5, 5.41) is 22.2. The Kier molecular flexibility index (Phi) is 3.54. The van der Waals surface area contributed by atoms with Gasteiger partial charge in [-0.3, -0.25) is 4.79 Å². The number of pyridine rings is 1. The van der Waals surface area contributed by atoms with Gasteiger partial charge in [-0.1, -0.05) is 30.3 Å². The highest BCUT2D eigenvalue weighted by atomic mass is 32.1. The maximum Gasteiger partial charge on any atom is 0.260 e. The number of H-pyrrole nitrogens is 1. The van der Waals surface area contributed by atoms with Crippen LogP contribution in [0.15, 0.2) is 58.7 Å². The number of hydrogen-bond donors (Lipinski definition) is 3. The number of thiophene rings is 1. The average Bonchev–Trinajstić information content (AvgIpc) is 2.99. The zero-order valence-corrected chi connectivity index (χ0v) is 13.6. The molecular weight excluding hydrogens is 341 g/mol. The van der Waals surface area contributed by atoms with Crippen molar-refractivity contribution < 1.29 is 14.6 Å². The van der Waals surface area contributed by atoms with E-state index in [1.807, 2.05) is 6.07 Å². The third-order valence-electron chi connectivity index (χ3n) is 4.02. The van der Waals surface area contributed by atoms with Gasteiger partial charge in [0, 0.05) is 22.6 Å². The van der Waals surface area contributed by atoms with Crippen LogP contribution in [-0.4, -0.2) is 15.2 Å². The quantitative estimate of drug-likeness (QED) is 0.498. The van der Waals surface area contributed by atoms with E-state index in [2.05, 4.69) is 4.98 Å². The average molecular weight is 353 g/mol. The van der Waals surface area contributed by atoms with Crippen LogP contribution in [0, 0.1) is 5.82 Å². The highest BCUT2D eigenvalue weighted by Crippen LogP contribution is 2.42. The minimum Gasteiger partial charge on any atom is -0.508 e. The number of phenols is 1. The minimum absolute atomic E-state index is 0.145. The van der Waals surface area contributed by atoms with Crippen molar-refractivity contribution >= 4 is 21.6 Å². The van der Waals surface area contributed by atoms with E-state index < -0.39 is 11.4 Å². The molecule has 0 amide bonds. The van der Waals surface area contributed by atoms with E-state index in [1.165, 1.54) is 23.5 Å². The largest absolute Gasteiger partial charge is 0.508 e. The summed E-state index contributed by atoms with van der Waals surface area (Å²) < 4.78 is 14.3. The Morgan fingerprint density at radius 3 is 2.48 bits per heavy atom. The fourth-order valence-electron chi connectivity index (χ4n) is 2.88. The lowest BCUT2D eigenvalue weighted by Gasteiger charge is -2.08. The molecule has 4 nitrogen and oxygen atoms in total. The first-order valence-corrected chi connectivity index (χ1v) is 8.35. The number of fused-ring (bicyclic) bond motifs is 1. The minimum atomic E-state index is -0.605. The predicted octanol–water partition coefficient (Wildman–Crippen LogP) is 4.47. The maximum atomic E-state index is 14.3. The highest BCUT2D eigenvalue weighted by molar-refractivity contribution is 7.17. The number of halogens is 1. The van der Waals surface area contributed by atoms with Crippen molar-refractivity contribution in [1.29, 1.82) is 0 Å². The summed E-state index contributed by atoms with van der Waals surface area (Å²) >= 11 is 1.21. The van der Waals surface area contributed by atoms with E-state index in [0.717, 1.165) is 6.07 Å². The first-order valence-electron chi connectivity index (χ1n) is 7.47. The number of aromatic amines is 1. The molecule has 0 saturated carbocycles. The van der Waals surface area contributed by atoms with Gasteiger partial charge in [0.15, 0.2) is 0 Å². The number of hydrogen-bond acceptors (Lipinski definition) is 4. The summed E-state index contributed by atoms with van der Waals surface area (Å²) in [5.41, 5.74) is 1.02. The van der Waals surface area contributed by atoms with Crippen LogP contribution in [0.3, 0.4) is 0 Å². The van der Waals surface area contributed by atoms with E-state index in [0.29, 0.717) is 21.3 Å². The molecule has 2 aromatic carbocycles. The van der Waals surface area contributed by atoms with Gasteiger partial charge < -0.3 is 15.2 Å². The Hall–Kier alpha value is -3.12. The molecule has 2 heterocycles. The lowest BCUT2D eigenvalue weighted by atomic mass is 10.0. The second-order valence-electron chi connectivity index (χ2n) is 5.56. The van der Waals surface area contributed by atoms with E-state index in [9.17, 15) is 19.4 Å². The molecule has 0 aliphatic carbocycles. The molecule has 4 aromatic rings. The summed E-state index contributed by atoms with van der Waals surface area (Å²) in [7, 11) is 0. The van der Waals surface area contributed by atoms with Crippen LogP contribution in [0.4, 0.5) is 4.39 Å². The Morgan fingerprint density at radius 2 is 1.76 bits per heavy atom. The molecule has 0 unspecified atom stereocenters. The molecule has 124 valence electrons. The number of phenolic OH excluding ortho intramolecular Hbond substituents is 1. The second kappa shape index (κ2) is 5.75. The van der Waals surface area contributed by atoms with Gasteiger partial charge in [0.05, 0.1) is 10.9 Å². The smallest absolute Gasteiger partial charge is 0.260 e. The normalized spacial score (nSPS) is 11.1. The summed E-state index contributed by atoms with van der Waals surface area (Å²) in [6.45, 7) is 0. The SMILES string of the molecule is O=c1[nH]c2scc(-c3ccc(O)cc3F)c2c(O)c1-c1ccccc1. The molecule has 2 aromatic heterocycles. The van der Waals surface area contributed by atoms with Crippen LogP contribution >= 0.6 is 11.3 Å². The Labute approximate surface area is 145 Å². The Balaban J connectivity index is 2.05. The van der Waals surface area contributed by atoms with Gasteiger partial charge in [-0.15, -0.1) is 11.3 Å². The van der Waals surface area contributed by atoms with Crippen molar-refractivity contribution in [2.75, 3.05) is 0 Å². The lowest BCUT2D eigenvalue weighted by molar-refractivity contribution is 0.469. The summed E-state index contributed by atoms with van der Waals surface area (Å²) in [6, 6.07) is 12.6. The number of rotatable bonds is 2. The molecule has 0 bridgehead atoms. The van der Waals surface area contributed by atoms with Crippen LogP contribution in [0.2, 0.25) is 0 Å². The van der Waals surface area contributed by atoms with Crippen molar-refractivity contribution in [3.63, 3.8) is 0 Å². The van der Waals surface area contributed by atoms with E-state index in [-0.39, 0.29) is 22.6 Å². The third-order valence-corrected chi connectivity index (χ3v) is 4.92. The van der Waals surface area contributed by atoms with Crippen LogP contribution in [0.1, 0.15) is 0 Å². The molecular formula is C19H12FNO3S. The van der Waals surface area contributed by atoms with Gasteiger partial charge in [0.1, 0.15) is 22.1 Å². The van der Waals surface area contributed by atoms with Crippen LogP contribution in [0.5, 0.6) is 11.5 Å². The zero-order valence-electron chi connectivity index (χ0n) is 12.8. The summed E-state index contributed by atoms with van der Waals surface area (Å²) in [6.07, 6.45) is 0. The maximum absolute atomic E-state index is 14.3. The first kappa shape index (κ1) is 15.4. The van der Waals surface area contributed by atoms with Crippen molar-refractivity contribution in [2.45, 2.75) is 0 Å². The molecule has 0 spiro atoms. The van der Waals surface area contributed by atoms with Crippen LogP contribution in [-0.2, 0) is 0 Å². The van der Waals surface area contributed by atoms with Crippen molar-refractivity contribution in [1.82, 2.24) is 4.98 Å². The van der Waals surface area contributed by atoms with Gasteiger partial charge >= 0.3 is 0 Å². The third kappa shape index (κ3) is 2.47. The fraction of sp³-hybridized carbons (Fsp3) is 0. The molecule has 0 aliphatic rings. The molecule has 0 saturated heterocycles. The molecule has 3 N–H and O–H groups in total. The van der Waals surface area contributed by atoms with Gasteiger partial charge in [0.2, 0.25) is 0 Å². The van der Waals surface area contributed by atoms with Crippen molar-refractivity contribution in [2.24, 2.45) is 0 Å². The number of benzene rings is 2. The lowest BCUT2D eigenvalue weighted by Crippen LogP contribution is -2.08. The molecule has 4 rings (SSSR count). The van der Waals surface area contributed by atoms with Crippen molar-refractivity contribution in [3.05, 3.63) is 70.1 Å².